The summed E-state index contributed by atoms with van der Waals surface area (Å²) in [5, 5.41) is 11.2. The summed E-state index contributed by atoms with van der Waals surface area (Å²) in [6.07, 6.45) is 6.74. The van der Waals surface area contributed by atoms with Gasteiger partial charge in [-0.15, -0.1) is 5.10 Å². The third-order valence-corrected chi connectivity index (χ3v) is 7.38. The van der Waals surface area contributed by atoms with E-state index in [0.717, 1.165) is 35.6 Å². The number of H-pyrrole nitrogens is 1. The van der Waals surface area contributed by atoms with Crippen molar-refractivity contribution in [1.29, 1.82) is 0 Å². The molecule has 1 fully saturated rings. The summed E-state index contributed by atoms with van der Waals surface area (Å²) in [7, 11) is 4.00. The van der Waals surface area contributed by atoms with Crippen LogP contribution in [-0.2, 0) is 4.79 Å². The molecule has 6 rings (SSSR count). The van der Waals surface area contributed by atoms with E-state index in [4.69, 9.17) is 11.6 Å². The van der Waals surface area contributed by atoms with Crippen molar-refractivity contribution in [3.63, 3.8) is 0 Å². The molecule has 1 unspecified atom stereocenters. The molecule has 188 valence electrons. The monoisotopic (exact) mass is 518 g/mol. The van der Waals surface area contributed by atoms with Crippen molar-refractivity contribution < 1.29 is 9.18 Å². The molecule has 0 radical (unpaired) electrons. The van der Waals surface area contributed by atoms with Crippen LogP contribution in [-0.4, -0.2) is 61.1 Å². The van der Waals surface area contributed by atoms with Crippen LogP contribution in [0.4, 0.5) is 10.1 Å². The summed E-state index contributed by atoms with van der Waals surface area (Å²) in [5.74, 6) is -0.0195. The van der Waals surface area contributed by atoms with Crippen LogP contribution in [0.5, 0.6) is 0 Å². The summed E-state index contributed by atoms with van der Waals surface area (Å²) in [6, 6.07) is 11.0. The van der Waals surface area contributed by atoms with Crippen LogP contribution in [0.15, 0.2) is 55.0 Å². The van der Waals surface area contributed by atoms with E-state index >= 15 is 4.39 Å². The lowest BCUT2D eigenvalue weighted by Gasteiger charge is -2.33. The number of hydrogen-bond acceptors (Lipinski definition) is 6. The molecule has 2 aliphatic heterocycles. The molecule has 4 aromatic rings. The number of carbonyl (C=O) groups is 1. The SMILES string of the molecule is CN(C)c1ccccc1-c1cnc([C@@H]2CCC3CC(c4c(-n5cnnn5)ccc(Cl)c4F)=CC(=O)N32)[nH]1. The molecule has 9 nitrogen and oxygen atoms in total. The maximum absolute atomic E-state index is 15.3. The zero-order chi connectivity index (χ0) is 25.7. The number of benzene rings is 2. The number of nitrogens with one attached hydrogen (secondary N) is 1. The average Bonchev–Trinajstić information content (AvgIpc) is 3.66. The summed E-state index contributed by atoms with van der Waals surface area (Å²) < 4.78 is 16.7. The Morgan fingerprint density at radius 2 is 2.00 bits per heavy atom. The second kappa shape index (κ2) is 9.11. The van der Waals surface area contributed by atoms with E-state index in [2.05, 4.69) is 36.5 Å². The average molecular weight is 519 g/mol. The van der Waals surface area contributed by atoms with E-state index in [1.807, 2.05) is 43.4 Å². The van der Waals surface area contributed by atoms with Gasteiger partial charge in [0.2, 0.25) is 5.91 Å². The Morgan fingerprint density at radius 1 is 1.16 bits per heavy atom. The van der Waals surface area contributed by atoms with Crippen molar-refractivity contribution >= 4 is 28.8 Å². The van der Waals surface area contributed by atoms with Crippen LogP contribution in [0.2, 0.25) is 5.02 Å². The van der Waals surface area contributed by atoms with Gasteiger partial charge >= 0.3 is 0 Å². The van der Waals surface area contributed by atoms with E-state index in [-0.39, 0.29) is 28.6 Å². The molecule has 1 saturated heterocycles. The molecule has 11 heteroatoms. The van der Waals surface area contributed by atoms with Gasteiger partial charge in [0, 0.05) is 43.0 Å². The molecule has 0 saturated carbocycles. The highest BCUT2D eigenvalue weighted by atomic mass is 35.5. The predicted octanol–water partition coefficient (Wildman–Crippen LogP) is 4.43. The fourth-order valence-electron chi connectivity index (χ4n) is 5.44. The first-order valence-electron chi connectivity index (χ1n) is 12.0. The minimum atomic E-state index is -0.591. The molecule has 0 spiro atoms. The Hall–Kier alpha value is -4.05. The zero-order valence-corrected chi connectivity index (χ0v) is 21.0. The predicted molar refractivity (Wildman–Crippen MR) is 138 cm³/mol. The highest BCUT2D eigenvalue weighted by Crippen LogP contribution is 2.44. The van der Waals surface area contributed by atoms with Crippen LogP contribution in [0, 0.1) is 5.82 Å². The fraction of sp³-hybridized carbons (Fsp3) is 0.269. The van der Waals surface area contributed by atoms with E-state index in [9.17, 15) is 4.79 Å². The van der Waals surface area contributed by atoms with Crippen LogP contribution >= 0.6 is 11.6 Å². The smallest absolute Gasteiger partial charge is 0.247 e. The standard InChI is InChI=1S/C26H24ClFN8O/c1-34(2)20-6-4-3-5-17(20)19-13-29-26(31-19)22-9-7-16-11-15(12-23(37)36(16)22)24-21(35-14-30-32-33-35)10-8-18(27)25(24)28/h3-6,8,10,12-14,16,22H,7,9,11H2,1-2H3,(H,29,31)/t16?,22-/m0/s1. The van der Waals surface area contributed by atoms with Gasteiger partial charge in [0.25, 0.3) is 0 Å². The van der Waals surface area contributed by atoms with E-state index < -0.39 is 5.82 Å². The molecule has 0 bridgehead atoms. The largest absolute Gasteiger partial charge is 0.377 e. The number of rotatable bonds is 5. The highest BCUT2D eigenvalue weighted by Gasteiger charge is 2.42. The van der Waals surface area contributed by atoms with Crippen molar-refractivity contribution in [3.05, 3.63) is 77.2 Å². The van der Waals surface area contributed by atoms with Crippen LogP contribution in [0.25, 0.3) is 22.5 Å². The van der Waals surface area contributed by atoms with Gasteiger partial charge in [-0.25, -0.2) is 9.37 Å². The number of amides is 1. The van der Waals surface area contributed by atoms with Crippen molar-refractivity contribution in [1.82, 2.24) is 35.1 Å². The van der Waals surface area contributed by atoms with Crippen molar-refractivity contribution in [2.24, 2.45) is 0 Å². The summed E-state index contributed by atoms with van der Waals surface area (Å²) in [4.78, 5) is 25.5. The minimum Gasteiger partial charge on any atom is -0.377 e. The molecule has 2 aromatic heterocycles. The van der Waals surface area contributed by atoms with Gasteiger partial charge in [-0.05, 0) is 53.5 Å². The first-order valence-corrected chi connectivity index (χ1v) is 12.4. The molecule has 2 aromatic carbocycles. The summed E-state index contributed by atoms with van der Waals surface area (Å²) >= 11 is 6.13. The summed E-state index contributed by atoms with van der Waals surface area (Å²) in [5.41, 5.74) is 4.28. The zero-order valence-electron chi connectivity index (χ0n) is 20.3. The maximum atomic E-state index is 15.3. The number of tetrazole rings is 1. The molecule has 1 N–H and O–H groups in total. The van der Waals surface area contributed by atoms with Gasteiger partial charge in [-0.2, -0.15) is 4.68 Å². The first kappa shape index (κ1) is 23.4. The molecular formula is C26H24ClFN8O. The van der Waals surface area contributed by atoms with Gasteiger partial charge in [-0.1, -0.05) is 29.8 Å². The lowest BCUT2D eigenvalue weighted by atomic mass is 9.92. The van der Waals surface area contributed by atoms with Crippen LogP contribution in [0.1, 0.15) is 36.7 Å². The summed E-state index contributed by atoms with van der Waals surface area (Å²) in [6.45, 7) is 0. The Labute approximate surface area is 217 Å². The number of anilines is 1. The molecule has 1 amide bonds. The van der Waals surface area contributed by atoms with Gasteiger partial charge in [0.05, 0.1) is 28.6 Å². The number of halogens is 2. The maximum Gasteiger partial charge on any atom is 0.247 e. The third kappa shape index (κ3) is 3.97. The van der Waals surface area contributed by atoms with Gasteiger partial charge in [0.15, 0.2) is 5.82 Å². The molecule has 37 heavy (non-hydrogen) atoms. The van der Waals surface area contributed by atoms with Crippen molar-refractivity contribution in [2.45, 2.75) is 31.3 Å². The quantitative estimate of drug-likeness (QED) is 0.420. The fourth-order valence-corrected chi connectivity index (χ4v) is 5.60. The molecule has 2 aliphatic rings. The lowest BCUT2D eigenvalue weighted by molar-refractivity contribution is -0.129. The molecular weight excluding hydrogens is 495 g/mol. The highest BCUT2D eigenvalue weighted by molar-refractivity contribution is 6.31. The first-order chi connectivity index (χ1) is 17.9. The number of hydrogen-bond donors (Lipinski definition) is 1. The van der Waals surface area contributed by atoms with Gasteiger partial charge < -0.3 is 14.8 Å². The second-order valence-electron chi connectivity index (χ2n) is 9.47. The Bertz CT molecular complexity index is 1510. The van der Waals surface area contributed by atoms with Gasteiger partial charge in [0.1, 0.15) is 12.2 Å². The Morgan fingerprint density at radius 3 is 2.78 bits per heavy atom. The second-order valence-corrected chi connectivity index (χ2v) is 9.88. The van der Waals surface area contributed by atoms with Crippen LogP contribution in [0.3, 0.4) is 0 Å². The number of nitrogens with zero attached hydrogens (tertiary/aromatic N) is 7. The van der Waals surface area contributed by atoms with E-state index in [1.165, 1.54) is 23.2 Å². The number of fused-ring (bicyclic) bond motifs is 1. The number of aromatic nitrogens is 6. The van der Waals surface area contributed by atoms with Crippen molar-refractivity contribution in [2.75, 3.05) is 19.0 Å². The topological polar surface area (TPSA) is 95.8 Å². The third-order valence-electron chi connectivity index (χ3n) is 7.09. The van der Waals surface area contributed by atoms with Gasteiger partial charge in [-0.3, -0.25) is 4.79 Å². The molecule has 0 aliphatic carbocycles. The minimum absolute atomic E-state index is 0.0204. The van der Waals surface area contributed by atoms with E-state index in [0.29, 0.717) is 17.7 Å². The molecule has 4 heterocycles. The Balaban J connectivity index is 1.33. The lowest BCUT2D eigenvalue weighted by Crippen LogP contribution is -2.39. The van der Waals surface area contributed by atoms with E-state index in [1.54, 1.807) is 6.07 Å². The number of carbonyl (C=O) groups excluding carboxylic acids is 1. The number of imidazole rings is 1. The molecule has 2 atom stereocenters. The Kier molecular flexibility index (Phi) is 5.75. The number of para-hydroxylation sites is 1. The normalized spacial score (nSPS) is 19.2. The van der Waals surface area contributed by atoms with Crippen LogP contribution < -0.4 is 4.90 Å². The number of aromatic amines is 1. The van der Waals surface area contributed by atoms with Crippen molar-refractivity contribution in [3.8, 4) is 16.9 Å².